The van der Waals surface area contributed by atoms with Crippen LogP contribution in [0.15, 0.2) is 18.2 Å². The van der Waals surface area contributed by atoms with Crippen molar-refractivity contribution in [2.24, 2.45) is 0 Å². The molecule has 0 bridgehead atoms. The van der Waals surface area contributed by atoms with E-state index in [4.69, 9.17) is 11.6 Å². The molecule has 1 N–H and O–H groups in total. The van der Waals surface area contributed by atoms with E-state index in [0.29, 0.717) is 10.7 Å². The third-order valence-corrected chi connectivity index (χ3v) is 2.18. The molecule has 0 spiro atoms. The minimum atomic E-state index is -2.37. The van der Waals surface area contributed by atoms with Crippen LogP contribution in [0.5, 0.6) is 0 Å². The molecule has 1 aromatic carbocycles. The van der Waals surface area contributed by atoms with Crippen molar-refractivity contribution < 1.29 is 8.78 Å². The number of nitrogens with one attached hydrogen (secondary N) is 1. The number of hydrogen-bond acceptors (Lipinski definition) is 1. The molecule has 1 atom stereocenters. The van der Waals surface area contributed by atoms with Crippen LogP contribution in [0.2, 0.25) is 5.02 Å². The number of alkyl halides is 2. The molecule has 0 radical (unpaired) electrons. The summed E-state index contributed by atoms with van der Waals surface area (Å²) in [6.45, 7) is 3.27. The first-order valence-corrected chi connectivity index (χ1v) is 4.69. The molecule has 78 valence electrons. The fourth-order valence-corrected chi connectivity index (χ4v) is 1.32. The van der Waals surface area contributed by atoms with Crippen LogP contribution >= 0.6 is 11.6 Å². The number of benzene rings is 1. The van der Waals surface area contributed by atoms with Gasteiger partial charge in [0.1, 0.15) is 0 Å². The molecule has 0 heterocycles. The van der Waals surface area contributed by atoms with Crippen LogP contribution < -0.4 is 5.32 Å². The SMILES string of the molecule is Cc1cc(Cl)ccc1NC(C)C(F)F. The molecule has 0 amide bonds. The zero-order chi connectivity index (χ0) is 10.7. The largest absolute Gasteiger partial charge is 0.377 e. The average molecular weight is 220 g/mol. The van der Waals surface area contributed by atoms with Crippen molar-refractivity contribution in [3.8, 4) is 0 Å². The molecule has 1 rings (SSSR count). The third-order valence-electron chi connectivity index (χ3n) is 1.95. The van der Waals surface area contributed by atoms with Crippen molar-refractivity contribution in [1.82, 2.24) is 0 Å². The monoisotopic (exact) mass is 219 g/mol. The minimum absolute atomic E-state index is 0.609. The lowest BCUT2D eigenvalue weighted by Gasteiger charge is -2.16. The summed E-state index contributed by atoms with van der Waals surface area (Å²) in [4.78, 5) is 0. The topological polar surface area (TPSA) is 12.0 Å². The summed E-state index contributed by atoms with van der Waals surface area (Å²) in [6.07, 6.45) is -2.37. The van der Waals surface area contributed by atoms with Crippen LogP contribution in [0.3, 0.4) is 0 Å². The zero-order valence-electron chi connectivity index (χ0n) is 8.02. The highest BCUT2D eigenvalue weighted by Crippen LogP contribution is 2.21. The van der Waals surface area contributed by atoms with E-state index in [-0.39, 0.29) is 0 Å². The number of hydrogen-bond donors (Lipinski definition) is 1. The molecular formula is C10H12ClF2N. The fraction of sp³-hybridized carbons (Fsp3) is 0.400. The standard InChI is InChI=1S/C10H12ClF2N/c1-6-5-8(11)3-4-9(6)14-7(2)10(12)13/h3-5,7,10,14H,1-2H3. The maximum Gasteiger partial charge on any atom is 0.258 e. The van der Waals surface area contributed by atoms with Crippen molar-refractivity contribution in [3.63, 3.8) is 0 Å². The lowest BCUT2D eigenvalue weighted by Crippen LogP contribution is -2.24. The van der Waals surface area contributed by atoms with Gasteiger partial charge in [0.05, 0.1) is 6.04 Å². The van der Waals surface area contributed by atoms with Gasteiger partial charge < -0.3 is 5.32 Å². The van der Waals surface area contributed by atoms with Gasteiger partial charge in [-0.1, -0.05) is 11.6 Å². The van der Waals surface area contributed by atoms with Gasteiger partial charge in [-0.25, -0.2) is 8.78 Å². The molecule has 0 saturated carbocycles. The van der Waals surface area contributed by atoms with Crippen molar-refractivity contribution in [2.75, 3.05) is 5.32 Å². The van der Waals surface area contributed by atoms with Gasteiger partial charge in [0.25, 0.3) is 6.43 Å². The number of anilines is 1. The Kier molecular flexibility index (Phi) is 3.69. The van der Waals surface area contributed by atoms with E-state index in [1.807, 2.05) is 6.92 Å². The normalized spacial score (nSPS) is 13.0. The van der Waals surface area contributed by atoms with E-state index in [0.717, 1.165) is 5.56 Å². The Bertz CT molecular complexity index is 315. The van der Waals surface area contributed by atoms with Crippen LogP contribution in [0.4, 0.5) is 14.5 Å². The summed E-state index contributed by atoms with van der Waals surface area (Å²) in [6, 6.07) is 4.27. The van der Waals surface area contributed by atoms with E-state index >= 15 is 0 Å². The first-order chi connectivity index (χ1) is 6.50. The average Bonchev–Trinajstić information content (AvgIpc) is 2.09. The Morgan fingerprint density at radius 3 is 2.50 bits per heavy atom. The van der Waals surface area contributed by atoms with Gasteiger partial charge in [0.15, 0.2) is 0 Å². The highest BCUT2D eigenvalue weighted by Gasteiger charge is 2.14. The molecule has 0 fully saturated rings. The Morgan fingerprint density at radius 1 is 1.36 bits per heavy atom. The third kappa shape index (κ3) is 2.84. The van der Waals surface area contributed by atoms with Crippen LogP contribution in [0, 0.1) is 6.92 Å². The molecule has 1 nitrogen and oxygen atoms in total. The van der Waals surface area contributed by atoms with Gasteiger partial charge in [0.2, 0.25) is 0 Å². The van der Waals surface area contributed by atoms with Crippen molar-refractivity contribution in [2.45, 2.75) is 26.3 Å². The summed E-state index contributed by atoms with van der Waals surface area (Å²) >= 11 is 5.74. The minimum Gasteiger partial charge on any atom is -0.377 e. The summed E-state index contributed by atoms with van der Waals surface area (Å²) in [5, 5.41) is 3.34. The molecule has 0 aliphatic carbocycles. The molecule has 0 saturated heterocycles. The highest BCUT2D eigenvalue weighted by molar-refractivity contribution is 6.30. The quantitative estimate of drug-likeness (QED) is 0.817. The van der Waals surface area contributed by atoms with Gasteiger partial charge in [-0.2, -0.15) is 0 Å². The number of aryl methyl sites for hydroxylation is 1. The molecule has 0 aromatic heterocycles. The molecule has 1 aromatic rings. The van der Waals surface area contributed by atoms with Gasteiger partial charge in [0, 0.05) is 10.7 Å². The predicted molar refractivity (Wildman–Crippen MR) is 55.3 cm³/mol. The fourth-order valence-electron chi connectivity index (χ4n) is 1.10. The molecule has 0 aliphatic heterocycles. The summed E-state index contributed by atoms with van der Waals surface area (Å²) in [5.74, 6) is 0. The first-order valence-electron chi connectivity index (χ1n) is 4.31. The second-order valence-electron chi connectivity index (χ2n) is 3.23. The number of rotatable bonds is 3. The highest BCUT2D eigenvalue weighted by atomic mass is 35.5. The van der Waals surface area contributed by atoms with E-state index in [1.54, 1.807) is 18.2 Å². The van der Waals surface area contributed by atoms with Crippen LogP contribution in [-0.2, 0) is 0 Å². The van der Waals surface area contributed by atoms with E-state index < -0.39 is 12.5 Å². The summed E-state index contributed by atoms with van der Waals surface area (Å²) < 4.78 is 24.5. The van der Waals surface area contributed by atoms with Crippen molar-refractivity contribution in [1.29, 1.82) is 0 Å². The molecule has 0 aliphatic rings. The maximum atomic E-state index is 12.2. The predicted octanol–water partition coefficient (Wildman–Crippen LogP) is 3.71. The van der Waals surface area contributed by atoms with Gasteiger partial charge in [-0.15, -0.1) is 0 Å². The van der Waals surface area contributed by atoms with E-state index in [9.17, 15) is 8.78 Å². The lowest BCUT2D eigenvalue weighted by molar-refractivity contribution is 0.130. The summed E-state index contributed by atoms with van der Waals surface area (Å²) in [7, 11) is 0. The number of halogens is 3. The molecule has 4 heteroatoms. The molecule has 1 unspecified atom stereocenters. The van der Waals surface area contributed by atoms with Crippen molar-refractivity contribution >= 4 is 17.3 Å². The first kappa shape index (κ1) is 11.2. The maximum absolute atomic E-state index is 12.2. The second kappa shape index (κ2) is 4.60. The smallest absolute Gasteiger partial charge is 0.258 e. The van der Waals surface area contributed by atoms with Gasteiger partial charge in [-0.05, 0) is 37.6 Å². The Morgan fingerprint density at radius 2 is 2.00 bits per heavy atom. The Hall–Kier alpha value is -0.830. The second-order valence-corrected chi connectivity index (χ2v) is 3.66. The van der Waals surface area contributed by atoms with E-state index in [1.165, 1.54) is 6.92 Å². The van der Waals surface area contributed by atoms with Crippen molar-refractivity contribution in [3.05, 3.63) is 28.8 Å². The zero-order valence-corrected chi connectivity index (χ0v) is 8.78. The molecular weight excluding hydrogens is 208 g/mol. The van der Waals surface area contributed by atoms with Crippen LogP contribution in [0.25, 0.3) is 0 Å². The van der Waals surface area contributed by atoms with E-state index in [2.05, 4.69) is 5.32 Å². The Labute approximate surface area is 87.1 Å². The lowest BCUT2D eigenvalue weighted by atomic mass is 10.2. The van der Waals surface area contributed by atoms with Gasteiger partial charge in [-0.3, -0.25) is 0 Å². The van der Waals surface area contributed by atoms with Gasteiger partial charge >= 0.3 is 0 Å². The summed E-state index contributed by atoms with van der Waals surface area (Å²) in [5.41, 5.74) is 1.56. The van der Waals surface area contributed by atoms with Crippen LogP contribution in [-0.4, -0.2) is 12.5 Å². The van der Waals surface area contributed by atoms with Crippen LogP contribution in [0.1, 0.15) is 12.5 Å². The Balaban J connectivity index is 2.77. The molecule has 14 heavy (non-hydrogen) atoms.